The second kappa shape index (κ2) is 9.02. The van der Waals surface area contributed by atoms with Crippen molar-refractivity contribution in [2.75, 3.05) is 17.2 Å². The summed E-state index contributed by atoms with van der Waals surface area (Å²) in [6, 6.07) is 14.2. The zero-order chi connectivity index (χ0) is 23.7. The van der Waals surface area contributed by atoms with E-state index in [0.29, 0.717) is 45.7 Å². The second-order valence-electron chi connectivity index (χ2n) is 8.23. The number of amides is 2. The van der Waals surface area contributed by atoms with Gasteiger partial charge in [-0.3, -0.25) is 9.59 Å². The van der Waals surface area contributed by atoms with E-state index in [2.05, 4.69) is 10.6 Å². The highest BCUT2D eigenvalue weighted by atomic mass is 19.1. The first kappa shape index (κ1) is 22.5. The van der Waals surface area contributed by atoms with Crippen LogP contribution < -0.4 is 10.6 Å². The summed E-state index contributed by atoms with van der Waals surface area (Å²) < 4.78 is 27.9. The van der Waals surface area contributed by atoms with Gasteiger partial charge in [0.05, 0.1) is 0 Å². The van der Waals surface area contributed by atoms with Crippen molar-refractivity contribution in [3.8, 4) is 0 Å². The molecule has 3 aromatic rings. The highest BCUT2D eigenvalue weighted by Gasteiger charge is 2.36. The van der Waals surface area contributed by atoms with Gasteiger partial charge >= 0.3 is 0 Å². The monoisotopic (exact) mass is 449 g/mol. The zero-order valence-electron chi connectivity index (χ0n) is 18.7. The summed E-state index contributed by atoms with van der Waals surface area (Å²) in [7, 11) is 0. The Balaban J connectivity index is 1.62. The minimum absolute atomic E-state index is 0.201. The Morgan fingerprint density at radius 2 is 1.58 bits per heavy atom. The topological polar surface area (TPSA) is 61.4 Å². The molecule has 33 heavy (non-hydrogen) atoms. The number of fused-ring (bicyclic) bond motifs is 1. The SMILES string of the molecule is CCCN1C(=O)c2cc(C(=O)Nc3ccc(C)c(F)c3)ccc2[C@H]1Nc1ccc(C)c(F)c1. The van der Waals surface area contributed by atoms with Gasteiger partial charge in [0.1, 0.15) is 17.8 Å². The molecule has 0 aromatic heterocycles. The van der Waals surface area contributed by atoms with Gasteiger partial charge < -0.3 is 15.5 Å². The molecule has 0 radical (unpaired) electrons. The minimum atomic E-state index is -0.474. The average Bonchev–Trinajstić information content (AvgIpc) is 3.04. The van der Waals surface area contributed by atoms with Gasteiger partial charge in [-0.05, 0) is 67.8 Å². The van der Waals surface area contributed by atoms with Crippen LogP contribution in [0, 0.1) is 25.5 Å². The van der Waals surface area contributed by atoms with E-state index in [9.17, 15) is 18.4 Å². The zero-order valence-corrected chi connectivity index (χ0v) is 18.7. The van der Waals surface area contributed by atoms with Crippen molar-refractivity contribution in [3.05, 3.63) is 94.0 Å². The number of carbonyl (C=O) groups excluding carboxylic acids is 2. The summed E-state index contributed by atoms with van der Waals surface area (Å²) in [5, 5.41) is 5.92. The first-order chi connectivity index (χ1) is 15.8. The van der Waals surface area contributed by atoms with Crippen molar-refractivity contribution < 1.29 is 18.4 Å². The molecule has 7 heteroatoms. The van der Waals surface area contributed by atoms with Crippen molar-refractivity contribution in [3.63, 3.8) is 0 Å². The summed E-state index contributed by atoms with van der Waals surface area (Å²) >= 11 is 0. The second-order valence-corrected chi connectivity index (χ2v) is 8.23. The van der Waals surface area contributed by atoms with E-state index in [4.69, 9.17) is 0 Å². The molecule has 1 heterocycles. The lowest BCUT2D eigenvalue weighted by Gasteiger charge is -2.26. The molecule has 5 nitrogen and oxygen atoms in total. The molecule has 1 aliphatic heterocycles. The fraction of sp³-hybridized carbons (Fsp3) is 0.231. The van der Waals surface area contributed by atoms with Crippen LogP contribution in [0.15, 0.2) is 54.6 Å². The number of anilines is 2. The average molecular weight is 450 g/mol. The van der Waals surface area contributed by atoms with Gasteiger partial charge in [-0.2, -0.15) is 0 Å². The highest BCUT2D eigenvalue weighted by molar-refractivity contribution is 6.07. The van der Waals surface area contributed by atoms with E-state index >= 15 is 0 Å². The molecule has 1 atom stereocenters. The van der Waals surface area contributed by atoms with Gasteiger partial charge in [-0.25, -0.2) is 8.78 Å². The Morgan fingerprint density at radius 1 is 0.939 bits per heavy atom. The van der Waals surface area contributed by atoms with Crippen LogP contribution in [0.4, 0.5) is 20.2 Å². The molecule has 0 aliphatic carbocycles. The van der Waals surface area contributed by atoms with Crippen molar-refractivity contribution in [1.82, 2.24) is 4.90 Å². The van der Waals surface area contributed by atoms with E-state index in [0.717, 1.165) is 6.42 Å². The standard InChI is InChI=1S/C26H25F2N3O2/c1-4-11-31-24(29-18-8-5-15(2)22(27)13-18)20-10-7-17(12-21(20)26(31)33)25(32)30-19-9-6-16(3)23(28)14-19/h5-10,12-14,24,29H,4,11H2,1-3H3,(H,30,32)/t24-/m0/s1. The first-order valence-electron chi connectivity index (χ1n) is 10.8. The number of benzene rings is 3. The molecule has 1 aliphatic rings. The summed E-state index contributed by atoms with van der Waals surface area (Å²) in [5.41, 5.74) is 3.35. The van der Waals surface area contributed by atoms with Gasteiger partial charge in [-0.15, -0.1) is 0 Å². The van der Waals surface area contributed by atoms with Crippen molar-refractivity contribution >= 4 is 23.2 Å². The number of hydrogen-bond acceptors (Lipinski definition) is 3. The largest absolute Gasteiger partial charge is 0.361 e. The van der Waals surface area contributed by atoms with Crippen LogP contribution in [-0.2, 0) is 0 Å². The predicted octanol–water partition coefficient (Wildman–Crippen LogP) is 5.81. The number of nitrogens with one attached hydrogen (secondary N) is 2. The van der Waals surface area contributed by atoms with E-state index in [1.54, 1.807) is 61.2 Å². The fourth-order valence-electron chi connectivity index (χ4n) is 3.90. The normalized spacial score (nSPS) is 14.9. The van der Waals surface area contributed by atoms with Gasteiger partial charge in [0.2, 0.25) is 0 Å². The van der Waals surface area contributed by atoms with Crippen LogP contribution in [-0.4, -0.2) is 23.3 Å². The maximum absolute atomic E-state index is 14.1. The van der Waals surface area contributed by atoms with Gasteiger partial charge in [0, 0.05) is 34.6 Å². The molecule has 0 unspecified atom stereocenters. The third-order valence-corrected chi connectivity index (χ3v) is 5.78. The molecule has 0 spiro atoms. The molecule has 0 bridgehead atoms. The number of rotatable bonds is 6. The smallest absolute Gasteiger partial charge is 0.256 e. The highest BCUT2D eigenvalue weighted by Crippen LogP contribution is 2.35. The number of hydrogen-bond donors (Lipinski definition) is 2. The van der Waals surface area contributed by atoms with E-state index in [1.807, 2.05) is 6.92 Å². The van der Waals surface area contributed by atoms with Crippen LogP contribution >= 0.6 is 0 Å². The van der Waals surface area contributed by atoms with E-state index < -0.39 is 17.9 Å². The molecule has 4 rings (SSSR count). The summed E-state index contributed by atoms with van der Waals surface area (Å²) in [6.07, 6.45) is 0.268. The molecule has 0 fully saturated rings. The molecular weight excluding hydrogens is 424 g/mol. The molecule has 3 aromatic carbocycles. The fourth-order valence-corrected chi connectivity index (χ4v) is 3.90. The first-order valence-corrected chi connectivity index (χ1v) is 10.8. The van der Waals surface area contributed by atoms with E-state index in [-0.39, 0.29) is 11.7 Å². The summed E-state index contributed by atoms with van der Waals surface area (Å²) in [4.78, 5) is 27.6. The maximum atomic E-state index is 14.1. The Bertz CT molecular complexity index is 1240. The molecular formula is C26H25F2N3O2. The van der Waals surface area contributed by atoms with Crippen LogP contribution in [0.25, 0.3) is 0 Å². The molecule has 0 saturated heterocycles. The van der Waals surface area contributed by atoms with Crippen LogP contribution in [0.3, 0.4) is 0 Å². The third-order valence-electron chi connectivity index (χ3n) is 5.78. The lowest BCUT2D eigenvalue weighted by atomic mass is 10.0. The number of nitrogens with zero attached hydrogens (tertiary/aromatic N) is 1. The number of carbonyl (C=O) groups is 2. The Labute approximate surface area is 191 Å². The molecule has 170 valence electrons. The van der Waals surface area contributed by atoms with Crippen molar-refractivity contribution in [1.29, 1.82) is 0 Å². The van der Waals surface area contributed by atoms with Crippen LogP contribution in [0.1, 0.15) is 56.9 Å². The number of aryl methyl sites for hydroxylation is 2. The maximum Gasteiger partial charge on any atom is 0.256 e. The van der Waals surface area contributed by atoms with Gasteiger partial charge in [0.25, 0.3) is 11.8 Å². The Morgan fingerprint density at radius 3 is 2.21 bits per heavy atom. The quantitative estimate of drug-likeness (QED) is 0.499. The Kier molecular flexibility index (Phi) is 6.14. The predicted molar refractivity (Wildman–Crippen MR) is 124 cm³/mol. The van der Waals surface area contributed by atoms with Gasteiger partial charge in [0.15, 0.2) is 0 Å². The van der Waals surface area contributed by atoms with Crippen LogP contribution in [0.2, 0.25) is 0 Å². The molecule has 2 N–H and O–H groups in total. The van der Waals surface area contributed by atoms with E-state index in [1.165, 1.54) is 12.1 Å². The lowest BCUT2D eigenvalue weighted by molar-refractivity contribution is 0.0743. The molecule has 2 amide bonds. The number of halogens is 2. The minimum Gasteiger partial charge on any atom is -0.361 e. The molecule has 0 saturated carbocycles. The van der Waals surface area contributed by atoms with Crippen LogP contribution in [0.5, 0.6) is 0 Å². The summed E-state index contributed by atoms with van der Waals surface area (Å²) in [5.74, 6) is -1.37. The van der Waals surface area contributed by atoms with Gasteiger partial charge in [-0.1, -0.05) is 25.1 Å². The Hall–Kier alpha value is -3.74. The van der Waals surface area contributed by atoms with Crippen molar-refractivity contribution in [2.45, 2.75) is 33.4 Å². The lowest BCUT2D eigenvalue weighted by Crippen LogP contribution is -2.33. The third kappa shape index (κ3) is 4.44. The van der Waals surface area contributed by atoms with Crippen molar-refractivity contribution in [2.24, 2.45) is 0 Å². The summed E-state index contributed by atoms with van der Waals surface area (Å²) in [6.45, 7) is 5.81.